The Kier molecular flexibility index (Phi) is 2.60. The molecule has 4 nitrogen and oxygen atoms in total. The molecule has 2 rings (SSSR count). The van der Waals surface area contributed by atoms with Crippen LogP contribution in [0.15, 0.2) is 30.3 Å². The van der Waals surface area contributed by atoms with E-state index >= 15 is 0 Å². The van der Waals surface area contributed by atoms with Crippen molar-refractivity contribution >= 4 is 11.9 Å². The van der Waals surface area contributed by atoms with E-state index in [1.807, 2.05) is 18.2 Å². The number of hydrogen-bond donors (Lipinski definition) is 2. The van der Waals surface area contributed by atoms with Gasteiger partial charge in [0.15, 0.2) is 5.41 Å². The van der Waals surface area contributed by atoms with E-state index in [4.69, 9.17) is 10.2 Å². The zero-order valence-electron chi connectivity index (χ0n) is 8.88. The van der Waals surface area contributed by atoms with Crippen LogP contribution in [0.4, 0.5) is 0 Å². The highest BCUT2D eigenvalue weighted by Crippen LogP contribution is 2.52. The molecule has 0 radical (unpaired) electrons. The molecule has 0 amide bonds. The van der Waals surface area contributed by atoms with Crippen LogP contribution < -0.4 is 0 Å². The zero-order chi connectivity index (χ0) is 12.5. The van der Waals surface area contributed by atoms with Crippen LogP contribution in [0.5, 0.6) is 0 Å². The van der Waals surface area contributed by atoms with Crippen LogP contribution in [0.2, 0.25) is 0 Å². The third kappa shape index (κ3) is 1.87. The number of carbonyl (C=O) groups is 2. The normalized spacial score (nSPS) is 19.9. The summed E-state index contributed by atoms with van der Waals surface area (Å²) in [5.74, 6) is 2.29. The van der Waals surface area contributed by atoms with Gasteiger partial charge in [-0.1, -0.05) is 30.0 Å². The topological polar surface area (TPSA) is 74.6 Å². The van der Waals surface area contributed by atoms with E-state index in [-0.39, 0.29) is 6.42 Å². The van der Waals surface area contributed by atoms with E-state index in [1.54, 1.807) is 12.1 Å². The molecule has 1 fully saturated rings. The number of benzene rings is 1. The molecule has 0 spiro atoms. The highest BCUT2D eigenvalue weighted by molar-refractivity contribution is 6.02. The van der Waals surface area contributed by atoms with Gasteiger partial charge in [-0.05, 0) is 18.6 Å². The third-order valence-electron chi connectivity index (χ3n) is 2.89. The van der Waals surface area contributed by atoms with Crippen molar-refractivity contribution < 1.29 is 19.8 Å². The highest BCUT2D eigenvalue weighted by Gasteiger charge is 2.66. The first-order chi connectivity index (χ1) is 8.07. The van der Waals surface area contributed by atoms with Crippen LogP contribution in [-0.2, 0) is 9.59 Å². The predicted octanol–water partition coefficient (Wildman–Crippen LogP) is 1.21. The van der Waals surface area contributed by atoms with Gasteiger partial charge in [-0.3, -0.25) is 9.59 Å². The molecule has 1 aliphatic carbocycles. The second-order valence-electron chi connectivity index (χ2n) is 3.97. The van der Waals surface area contributed by atoms with E-state index in [0.29, 0.717) is 0 Å². The second-order valence-corrected chi connectivity index (χ2v) is 3.97. The lowest BCUT2D eigenvalue weighted by Gasteiger charge is -2.01. The van der Waals surface area contributed by atoms with Crippen LogP contribution in [0.25, 0.3) is 0 Å². The molecule has 0 aliphatic heterocycles. The third-order valence-corrected chi connectivity index (χ3v) is 2.89. The Balaban J connectivity index is 2.17. The van der Waals surface area contributed by atoms with E-state index in [0.717, 1.165) is 5.56 Å². The summed E-state index contributed by atoms with van der Waals surface area (Å²) in [6, 6.07) is 9.06. The van der Waals surface area contributed by atoms with Crippen molar-refractivity contribution in [2.75, 3.05) is 0 Å². The number of aliphatic carboxylic acids is 2. The molecule has 0 aromatic heterocycles. The molecule has 1 saturated carbocycles. The fourth-order valence-corrected chi connectivity index (χ4v) is 1.69. The monoisotopic (exact) mass is 230 g/mol. The van der Waals surface area contributed by atoms with Crippen molar-refractivity contribution in [1.29, 1.82) is 0 Å². The van der Waals surface area contributed by atoms with Gasteiger partial charge in [0, 0.05) is 11.5 Å². The van der Waals surface area contributed by atoms with E-state index < -0.39 is 23.3 Å². The zero-order valence-corrected chi connectivity index (χ0v) is 8.88. The van der Waals surface area contributed by atoms with Crippen molar-refractivity contribution in [1.82, 2.24) is 0 Å². The van der Waals surface area contributed by atoms with Crippen molar-refractivity contribution in [2.45, 2.75) is 6.42 Å². The van der Waals surface area contributed by atoms with Gasteiger partial charge in [0.05, 0.1) is 0 Å². The predicted molar refractivity (Wildman–Crippen MR) is 59.1 cm³/mol. The van der Waals surface area contributed by atoms with Crippen LogP contribution in [-0.4, -0.2) is 22.2 Å². The summed E-state index contributed by atoms with van der Waals surface area (Å²) < 4.78 is 0. The molecule has 1 unspecified atom stereocenters. The number of carboxylic acids is 2. The summed E-state index contributed by atoms with van der Waals surface area (Å²) in [5, 5.41) is 17.8. The highest BCUT2D eigenvalue weighted by atomic mass is 16.4. The van der Waals surface area contributed by atoms with Crippen LogP contribution in [0, 0.1) is 23.2 Å². The first-order valence-corrected chi connectivity index (χ1v) is 5.11. The molecule has 1 aromatic carbocycles. The van der Waals surface area contributed by atoms with E-state index in [1.165, 1.54) is 0 Å². The number of hydrogen-bond acceptors (Lipinski definition) is 2. The Morgan fingerprint density at radius 3 is 2.24 bits per heavy atom. The Hall–Kier alpha value is -2.28. The lowest BCUT2D eigenvalue weighted by atomic mass is 10.0. The maximum absolute atomic E-state index is 10.9. The smallest absolute Gasteiger partial charge is 0.322 e. The second kappa shape index (κ2) is 3.95. The molecule has 0 bridgehead atoms. The first-order valence-electron chi connectivity index (χ1n) is 5.11. The van der Waals surface area contributed by atoms with Gasteiger partial charge in [0.2, 0.25) is 0 Å². The van der Waals surface area contributed by atoms with Gasteiger partial charge < -0.3 is 10.2 Å². The van der Waals surface area contributed by atoms with Crippen molar-refractivity contribution in [2.24, 2.45) is 11.3 Å². The molecule has 0 saturated heterocycles. The van der Waals surface area contributed by atoms with Crippen LogP contribution in [0.3, 0.4) is 0 Å². The minimum atomic E-state index is -1.69. The molecule has 86 valence electrons. The molecule has 1 atom stereocenters. The Morgan fingerprint density at radius 2 is 1.76 bits per heavy atom. The van der Waals surface area contributed by atoms with Gasteiger partial charge in [0.25, 0.3) is 0 Å². The fourth-order valence-electron chi connectivity index (χ4n) is 1.69. The first kappa shape index (κ1) is 11.2. The summed E-state index contributed by atoms with van der Waals surface area (Å²) in [7, 11) is 0. The summed E-state index contributed by atoms with van der Waals surface area (Å²) in [4.78, 5) is 21.8. The Morgan fingerprint density at radius 1 is 1.18 bits per heavy atom. The quantitative estimate of drug-likeness (QED) is 0.591. The largest absolute Gasteiger partial charge is 0.480 e. The number of carboxylic acid groups (broad SMARTS) is 2. The fraction of sp³-hybridized carbons (Fsp3) is 0.231. The minimum absolute atomic E-state index is 0.0809. The molecule has 17 heavy (non-hydrogen) atoms. The molecule has 0 heterocycles. The van der Waals surface area contributed by atoms with E-state index in [2.05, 4.69) is 11.8 Å². The maximum Gasteiger partial charge on any atom is 0.322 e. The van der Waals surface area contributed by atoms with Crippen molar-refractivity contribution in [3.8, 4) is 11.8 Å². The van der Waals surface area contributed by atoms with E-state index in [9.17, 15) is 9.59 Å². The Labute approximate surface area is 97.9 Å². The standard InChI is InChI=1S/C13H10O4/c14-11(15)13(12(16)17)8-10(13)7-6-9-4-2-1-3-5-9/h1-5,10H,8H2,(H,14,15)(H,16,17). The Bertz CT molecular complexity index is 507. The molecule has 1 aliphatic rings. The van der Waals surface area contributed by atoms with Gasteiger partial charge in [-0.15, -0.1) is 0 Å². The molecular formula is C13H10O4. The van der Waals surface area contributed by atoms with Gasteiger partial charge in [-0.2, -0.15) is 0 Å². The van der Waals surface area contributed by atoms with Crippen molar-refractivity contribution in [3.05, 3.63) is 35.9 Å². The summed E-state index contributed by atoms with van der Waals surface area (Å²) in [6.07, 6.45) is 0.0809. The summed E-state index contributed by atoms with van der Waals surface area (Å²) in [6.45, 7) is 0. The molecule has 1 aromatic rings. The van der Waals surface area contributed by atoms with Gasteiger partial charge in [0.1, 0.15) is 0 Å². The molecule has 2 N–H and O–H groups in total. The molecule has 4 heteroatoms. The lowest BCUT2D eigenvalue weighted by molar-refractivity contribution is -0.157. The maximum atomic E-state index is 10.9. The van der Waals surface area contributed by atoms with Crippen molar-refractivity contribution in [3.63, 3.8) is 0 Å². The minimum Gasteiger partial charge on any atom is -0.480 e. The van der Waals surface area contributed by atoms with Crippen LogP contribution >= 0.6 is 0 Å². The SMILES string of the molecule is O=C(O)C1(C(=O)O)CC1C#Cc1ccccc1. The lowest BCUT2D eigenvalue weighted by Crippen LogP contribution is -2.27. The van der Waals surface area contributed by atoms with Gasteiger partial charge in [-0.25, -0.2) is 0 Å². The average molecular weight is 230 g/mol. The average Bonchev–Trinajstić information content (AvgIpc) is 3.03. The summed E-state index contributed by atoms with van der Waals surface area (Å²) in [5.41, 5.74) is -0.939. The summed E-state index contributed by atoms with van der Waals surface area (Å²) >= 11 is 0. The van der Waals surface area contributed by atoms with Gasteiger partial charge >= 0.3 is 11.9 Å². The van der Waals surface area contributed by atoms with Crippen LogP contribution in [0.1, 0.15) is 12.0 Å². The number of rotatable bonds is 2. The molecular weight excluding hydrogens is 220 g/mol.